The molecule has 0 aliphatic heterocycles. The number of aromatic nitrogens is 2. The molecule has 1 aromatic heterocycles. The fourth-order valence-electron chi connectivity index (χ4n) is 1.31. The van der Waals surface area contributed by atoms with Gasteiger partial charge in [-0.3, -0.25) is 14.7 Å². The number of aromatic amines is 1. The van der Waals surface area contributed by atoms with Crippen LogP contribution in [0.3, 0.4) is 0 Å². The fourth-order valence-corrected chi connectivity index (χ4v) is 1.31. The van der Waals surface area contributed by atoms with Gasteiger partial charge in [-0.1, -0.05) is 0 Å². The van der Waals surface area contributed by atoms with Crippen LogP contribution in [0.5, 0.6) is 0 Å². The number of carboxylic acid groups (broad SMARTS) is 1. The molecule has 17 heavy (non-hydrogen) atoms. The maximum atomic E-state index is 11.9. The lowest BCUT2D eigenvalue weighted by Crippen LogP contribution is -2.38. The number of nitrogens with zero attached hydrogens (tertiary/aromatic N) is 2. The number of carbonyl (C=O) groups is 2. The predicted molar refractivity (Wildman–Crippen MR) is 58.7 cm³/mol. The molecule has 0 atom stereocenters. The summed E-state index contributed by atoms with van der Waals surface area (Å²) in [5, 5.41) is 15.2. The monoisotopic (exact) mass is 241 g/mol. The van der Waals surface area contributed by atoms with E-state index < -0.39 is 11.9 Å². The molecule has 0 spiro atoms. The quantitative estimate of drug-likeness (QED) is 0.724. The Morgan fingerprint density at radius 1 is 1.59 bits per heavy atom. The van der Waals surface area contributed by atoms with Crippen molar-refractivity contribution in [3.05, 3.63) is 17.5 Å². The minimum Gasteiger partial charge on any atom is -0.480 e. The highest BCUT2D eigenvalue weighted by Gasteiger charge is 2.20. The summed E-state index contributed by atoms with van der Waals surface area (Å²) in [6, 6.07) is 1.57. The molecule has 1 heterocycles. The predicted octanol–water partition coefficient (Wildman–Crippen LogP) is -0.109. The lowest BCUT2D eigenvalue weighted by Gasteiger charge is -2.18. The largest absolute Gasteiger partial charge is 0.480 e. The second-order valence-corrected chi connectivity index (χ2v) is 3.55. The molecular formula is C10H15N3O4. The minimum absolute atomic E-state index is 0.208. The van der Waals surface area contributed by atoms with Crippen LogP contribution in [0.25, 0.3) is 0 Å². The zero-order valence-electron chi connectivity index (χ0n) is 9.77. The van der Waals surface area contributed by atoms with Crippen LogP contribution >= 0.6 is 0 Å². The van der Waals surface area contributed by atoms with Gasteiger partial charge in [0.1, 0.15) is 12.2 Å². The summed E-state index contributed by atoms with van der Waals surface area (Å²) in [5.41, 5.74) is 0.954. The Morgan fingerprint density at radius 3 is 2.76 bits per heavy atom. The van der Waals surface area contributed by atoms with E-state index in [2.05, 4.69) is 10.2 Å². The highest BCUT2D eigenvalue weighted by Crippen LogP contribution is 2.03. The number of carbonyl (C=O) groups excluding carboxylic acids is 1. The minimum atomic E-state index is -1.07. The molecule has 7 heteroatoms. The van der Waals surface area contributed by atoms with Crippen LogP contribution in [0.4, 0.5) is 0 Å². The lowest BCUT2D eigenvalue weighted by molar-refractivity contribution is -0.137. The van der Waals surface area contributed by atoms with Crippen molar-refractivity contribution in [1.29, 1.82) is 0 Å². The summed E-state index contributed by atoms with van der Waals surface area (Å²) >= 11 is 0. The van der Waals surface area contributed by atoms with Crippen molar-refractivity contribution in [2.75, 3.05) is 26.8 Å². The van der Waals surface area contributed by atoms with Crippen molar-refractivity contribution < 1.29 is 19.4 Å². The van der Waals surface area contributed by atoms with E-state index >= 15 is 0 Å². The molecule has 0 radical (unpaired) electrons. The molecule has 0 aromatic carbocycles. The molecule has 0 aliphatic rings. The van der Waals surface area contributed by atoms with Crippen LogP contribution in [0.2, 0.25) is 0 Å². The maximum Gasteiger partial charge on any atom is 0.323 e. The van der Waals surface area contributed by atoms with Gasteiger partial charge in [-0.15, -0.1) is 0 Å². The smallest absolute Gasteiger partial charge is 0.323 e. The average molecular weight is 241 g/mol. The van der Waals surface area contributed by atoms with Gasteiger partial charge in [0.05, 0.1) is 6.61 Å². The van der Waals surface area contributed by atoms with E-state index in [1.165, 1.54) is 12.0 Å². The van der Waals surface area contributed by atoms with E-state index in [0.29, 0.717) is 0 Å². The topological polar surface area (TPSA) is 95.5 Å². The van der Waals surface area contributed by atoms with Crippen LogP contribution in [0.15, 0.2) is 6.07 Å². The molecule has 1 rings (SSSR count). The summed E-state index contributed by atoms with van der Waals surface area (Å²) in [5.74, 6) is -1.49. The average Bonchev–Trinajstić information content (AvgIpc) is 2.69. The van der Waals surface area contributed by atoms with E-state index in [4.69, 9.17) is 9.84 Å². The molecule has 94 valence electrons. The summed E-state index contributed by atoms with van der Waals surface area (Å²) in [7, 11) is 1.49. The fraction of sp³-hybridized carbons (Fsp3) is 0.500. The lowest BCUT2D eigenvalue weighted by atomic mass is 10.3. The molecule has 7 nitrogen and oxygen atoms in total. The molecule has 0 saturated heterocycles. The number of methoxy groups -OCH3 is 1. The Kier molecular flexibility index (Phi) is 4.65. The molecule has 0 bridgehead atoms. The number of nitrogens with one attached hydrogen (secondary N) is 1. The van der Waals surface area contributed by atoms with Crippen molar-refractivity contribution >= 4 is 11.9 Å². The first-order valence-electron chi connectivity index (χ1n) is 5.06. The zero-order chi connectivity index (χ0) is 12.8. The first-order chi connectivity index (χ1) is 8.04. The van der Waals surface area contributed by atoms with E-state index in [9.17, 15) is 9.59 Å². The SMILES string of the molecule is COCCN(CC(=O)O)C(=O)c1cc(C)[nH]n1. The zero-order valence-corrected chi connectivity index (χ0v) is 9.77. The van der Waals surface area contributed by atoms with Gasteiger partial charge in [0.15, 0.2) is 0 Å². The number of carboxylic acids is 1. The second-order valence-electron chi connectivity index (χ2n) is 3.55. The van der Waals surface area contributed by atoms with E-state index in [1.807, 2.05) is 0 Å². The van der Waals surface area contributed by atoms with Crippen LogP contribution in [0.1, 0.15) is 16.2 Å². The van der Waals surface area contributed by atoms with E-state index in [0.717, 1.165) is 5.69 Å². The van der Waals surface area contributed by atoms with Gasteiger partial charge in [-0.25, -0.2) is 0 Å². The Hall–Kier alpha value is -1.89. The molecule has 1 amide bonds. The van der Waals surface area contributed by atoms with Gasteiger partial charge >= 0.3 is 5.97 Å². The molecule has 0 unspecified atom stereocenters. The first kappa shape index (κ1) is 13.2. The number of amides is 1. The Labute approximate surface area is 98.4 Å². The number of rotatable bonds is 6. The van der Waals surface area contributed by atoms with Gasteiger partial charge in [0, 0.05) is 19.3 Å². The normalized spacial score (nSPS) is 10.2. The van der Waals surface area contributed by atoms with Gasteiger partial charge in [0.25, 0.3) is 5.91 Å². The van der Waals surface area contributed by atoms with Gasteiger partial charge in [-0.2, -0.15) is 5.10 Å². The number of hydrogen-bond donors (Lipinski definition) is 2. The Balaban J connectivity index is 2.74. The third kappa shape index (κ3) is 3.87. The summed E-state index contributed by atoms with van der Waals surface area (Å²) in [4.78, 5) is 23.8. The molecule has 0 fully saturated rings. The number of ether oxygens (including phenoxy) is 1. The third-order valence-corrected chi connectivity index (χ3v) is 2.10. The first-order valence-corrected chi connectivity index (χ1v) is 5.06. The summed E-state index contributed by atoms with van der Waals surface area (Å²) in [6.45, 7) is 1.89. The molecule has 0 aliphatic carbocycles. The van der Waals surface area contributed by atoms with Crippen LogP contribution in [0, 0.1) is 6.92 Å². The second kappa shape index (κ2) is 6.00. The standard InChI is InChI=1S/C10H15N3O4/c1-7-5-8(12-11-7)10(16)13(3-4-17-2)6-9(14)15/h5H,3-4,6H2,1-2H3,(H,11,12)(H,14,15). The number of aryl methyl sites for hydroxylation is 1. The van der Waals surface area contributed by atoms with Crippen molar-refractivity contribution in [3.63, 3.8) is 0 Å². The van der Waals surface area contributed by atoms with Crippen molar-refractivity contribution in [1.82, 2.24) is 15.1 Å². The summed E-state index contributed by atoms with van der Waals surface area (Å²) < 4.78 is 4.83. The molecule has 1 aromatic rings. The number of aliphatic carboxylic acids is 1. The number of hydrogen-bond acceptors (Lipinski definition) is 4. The van der Waals surface area contributed by atoms with Gasteiger partial charge in [0.2, 0.25) is 0 Å². The number of H-pyrrole nitrogens is 1. The summed E-state index contributed by atoms with van der Waals surface area (Å²) in [6.07, 6.45) is 0. The maximum absolute atomic E-state index is 11.9. The molecule has 0 saturated carbocycles. The van der Waals surface area contributed by atoms with Crippen molar-refractivity contribution in [3.8, 4) is 0 Å². The Bertz CT molecular complexity index is 402. The Morgan fingerprint density at radius 2 is 2.29 bits per heavy atom. The van der Waals surface area contributed by atoms with Gasteiger partial charge < -0.3 is 14.7 Å². The van der Waals surface area contributed by atoms with Crippen molar-refractivity contribution in [2.45, 2.75) is 6.92 Å². The van der Waals surface area contributed by atoms with E-state index in [1.54, 1.807) is 13.0 Å². The van der Waals surface area contributed by atoms with Crippen LogP contribution in [-0.2, 0) is 9.53 Å². The van der Waals surface area contributed by atoms with E-state index in [-0.39, 0.29) is 25.4 Å². The highest BCUT2D eigenvalue weighted by atomic mass is 16.5. The van der Waals surface area contributed by atoms with Crippen molar-refractivity contribution in [2.24, 2.45) is 0 Å². The highest BCUT2D eigenvalue weighted by molar-refractivity contribution is 5.94. The third-order valence-electron chi connectivity index (χ3n) is 2.10. The van der Waals surface area contributed by atoms with Gasteiger partial charge in [-0.05, 0) is 13.0 Å². The van der Waals surface area contributed by atoms with Crippen LogP contribution < -0.4 is 0 Å². The molecule has 2 N–H and O–H groups in total. The molecular weight excluding hydrogens is 226 g/mol. The van der Waals surface area contributed by atoms with Crippen LogP contribution in [-0.4, -0.2) is 58.9 Å².